The van der Waals surface area contributed by atoms with E-state index in [4.69, 9.17) is 9.55 Å². The molecule has 0 radical (unpaired) electrons. The standard InChI is InChI=1S/C31H39N3O6S3/c1-30(2)25-18-22(21-35)20-33(14-9-17-42(37)38)29(25)32-27(30)10-6-5-7-11-28-31(3,4)24-19-23(43(39)40)12-13-26(24)34(28)15-8-16-41-36/h5-7,10-13,18-21,29,36H,8-9,14-17H2,1-4H3,(H,37,38)(H,39,40)/b7-5+,10-6+,28-11+. The third-order valence-corrected chi connectivity index (χ3v) is 9.90. The summed E-state index contributed by atoms with van der Waals surface area (Å²) in [6.07, 6.45) is 15.4. The Morgan fingerprint density at radius 1 is 1.05 bits per heavy atom. The molecule has 0 aliphatic carbocycles. The van der Waals surface area contributed by atoms with E-state index in [9.17, 15) is 22.3 Å². The maximum atomic E-state index is 11.8. The van der Waals surface area contributed by atoms with Gasteiger partial charge < -0.3 is 23.5 Å². The lowest BCUT2D eigenvalue weighted by Gasteiger charge is -2.33. The summed E-state index contributed by atoms with van der Waals surface area (Å²) in [5.74, 6) is 0.767. The van der Waals surface area contributed by atoms with Gasteiger partial charge >= 0.3 is 0 Å². The Morgan fingerprint density at radius 2 is 1.81 bits per heavy atom. The molecule has 1 aromatic carbocycles. The van der Waals surface area contributed by atoms with Crippen LogP contribution >= 0.6 is 12.0 Å². The van der Waals surface area contributed by atoms with Gasteiger partial charge in [-0.2, -0.15) is 0 Å². The topological polar surface area (TPSA) is 131 Å². The molecule has 1 aromatic rings. The smallest absolute Gasteiger partial charge is 0.186 e. The van der Waals surface area contributed by atoms with Gasteiger partial charge in [0.05, 0.1) is 10.6 Å². The molecular formula is C31H39N3O6S3. The number of benzene rings is 1. The van der Waals surface area contributed by atoms with E-state index in [1.165, 1.54) is 0 Å². The van der Waals surface area contributed by atoms with E-state index in [1.54, 1.807) is 18.3 Å². The highest BCUT2D eigenvalue weighted by Gasteiger charge is 2.43. The molecule has 0 amide bonds. The van der Waals surface area contributed by atoms with Gasteiger partial charge in [-0.05, 0) is 72.4 Å². The molecular weight excluding hydrogens is 607 g/mol. The Kier molecular flexibility index (Phi) is 10.8. The van der Waals surface area contributed by atoms with Crippen LogP contribution in [-0.2, 0) is 32.4 Å². The van der Waals surface area contributed by atoms with Gasteiger partial charge in [0.2, 0.25) is 0 Å². The van der Waals surface area contributed by atoms with Crippen molar-refractivity contribution in [3.8, 4) is 0 Å². The Morgan fingerprint density at radius 3 is 2.49 bits per heavy atom. The minimum Gasteiger partial charge on any atom is -0.352 e. The van der Waals surface area contributed by atoms with Crippen LogP contribution in [0.4, 0.5) is 5.69 Å². The zero-order valence-corrected chi connectivity index (χ0v) is 27.3. The van der Waals surface area contributed by atoms with Crippen LogP contribution in [0, 0.1) is 5.41 Å². The Bertz CT molecular complexity index is 1470. The van der Waals surface area contributed by atoms with Gasteiger partial charge in [-0.1, -0.05) is 45.9 Å². The fourth-order valence-electron chi connectivity index (χ4n) is 5.84. The van der Waals surface area contributed by atoms with Gasteiger partial charge in [0.1, 0.15) is 6.17 Å². The van der Waals surface area contributed by atoms with E-state index in [-0.39, 0.29) is 11.9 Å². The molecule has 9 nitrogen and oxygen atoms in total. The van der Waals surface area contributed by atoms with Crippen molar-refractivity contribution < 1.29 is 26.9 Å². The molecule has 3 heterocycles. The summed E-state index contributed by atoms with van der Waals surface area (Å²) in [5, 5.41) is 0. The Labute approximate surface area is 263 Å². The average molecular weight is 646 g/mol. The molecule has 3 atom stereocenters. The van der Waals surface area contributed by atoms with Crippen molar-refractivity contribution in [3.05, 3.63) is 83.3 Å². The molecule has 0 saturated heterocycles. The predicted octanol–water partition coefficient (Wildman–Crippen LogP) is 5.70. The minimum absolute atomic E-state index is 0.161. The molecule has 3 aliphatic heterocycles. The van der Waals surface area contributed by atoms with Crippen molar-refractivity contribution in [2.24, 2.45) is 10.4 Å². The summed E-state index contributed by atoms with van der Waals surface area (Å²) in [4.78, 5) is 21.2. The minimum atomic E-state index is -2.07. The van der Waals surface area contributed by atoms with Crippen LogP contribution < -0.4 is 4.90 Å². The van der Waals surface area contributed by atoms with Crippen molar-refractivity contribution in [2.75, 3.05) is 29.5 Å². The number of hydrogen-bond acceptors (Lipinski definition) is 8. The van der Waals surface area contributed by atoms with Gasteiger partial charge in [0, 0.05) is 58.5 Å². The lowest BCUT2D eigenvalue weighted by Crippen LogP contribution is -2.36. The molecule has 43 heavy (non-hydrogen) atoms. The van der Waals surface area contributed by atoms with Crippen LogP contribution in [0.5, 0.6) is 0 Å². The number of carbonyl (C=O) groups is 1. The predicted molar refractivity (Wildman–Crippen MR) is 176 cm³/mol. The Hall–Kier alpha value is -2.61. The monoisotopic (exact) mass is 645 g/mol. The van der Waals surface area contributed by atoms with E-state index < -0.39 is 33.0 Å². The molecule has 0 spiro atoms. The summed E-state index contributed by atoms with van der Waals surface area (Å²) in [5.41, 5.74) is 4.66. The summed E-state index contributed by atoms with van der Waals surface area (Å²) < 4.78 is 51.0. The summed E-state index contributed by atoms with van der Waals surface area (Å²) >= 11 is -3.12. The third kappa shape index (κ3) is 7.21. The van der Waals surface area contributed by atoms with E-state index in [2.05, 4.69) is 38.7 Å². The lowest BCUT2D eigenvalue weighted by atomic mass is 9.79. The van der Waals surface area contributed by atoms with Gasteiger partial charge in [-0.25, -0.2) is 8.42 Å². The SMILES string of the molecule is CC1(C)C2=CC(C=O)=CN(CCCS(=O)O)C2N=C1/C=C/C=C/C=C1/N(CCCSO)c2ccc(S(=O)O)cc2C1(C)C. The molecule has 0 saturated carbocycles. The fourth-order valence-corrected chi connectivity index (χ4v) is 6.88. The number of fused-ring (bicyclic) bond motifs is 2. The number of allylic oxidation sites excluding steroid dienone is 8. The van der Waals surface area contributed by atoms with Crippen LogP contribution in [0.1, 0.15) is 46.1 Å². The molecule has 0 bridgehead atoms. The summed E-state index contributed by atoms with van der Waals surface area (Å²) in [6, 6.07) is 5.37. The average Bonchev–Trinajstić information content (AvgIpc) is 3.33. The lowest BCUT2D eigenvalue weighted by molar-refractivity contribution is -0.104. The highest BCUT2D eigenvalue weighted by molar-refractivity contribution is 7.93. The highest BCUT2D eigenvalue weighted by atomic mass is 32.2. The molecule has 4 rings (SSSR count). The molecule has 0 fully saturated rings. The number of hydrogen-bond donors (Lipinski definition) is 3. The second-order valence-corrected chi connectivity index (χ2v) is 14.4. The first-order valence-corrected chi connectivity index (χ1v) is 17.4. The molecule has 3 N–H and O–H groups in total. The molecule has 12 heteroatoms. The normalized spacial score (nSPS) is 22.9. The van der Waals surface area contributed by atoms with E-state index >= 15 is 0 Å². The highest BCUT2D eigenvalue weighted by Crippen LogP contribution is 2.48. The summed E-state index contributed by atoms with van der Waals surface area (Å²) in [6.45, 7) is 9.57. The zero-order chi connectivity index (χ0) is 31.4. The second-order valence-electron chi connectivity index (χ2n) is 11.7. The van der Waals surface area contributed by atoms with Gasteiger partial charge in [-0.15, -0.1) is 0 Å². The van der Waals surface area contributed by atoms with Crippen LogP contribution in [0.15, 0.2) is 87.6 Å². The quantitative estimate of drug-likeness (QED) is 0.0813. The van der Waals surface area contributed by atoms with Crippen molar-refractivity contribution in [3.63, 3.8) is 0 Å². The largest absolute Gasteiger partial charge is 0.352 e. The number of nitrogens with zero attached hydrogens (tertiary/aromatic N) is 3. The maximum absolute atomic E-state index is 11.8. The van der Waals surface area contributed by atoms with Gasteiger partial charge in [0.15, 0.2) is 28.4 Å². The molecule has 0 aromatic heterocycles. The van der Waals surface area contributed by atoms with Crippen LogP contribution in [0.25, 0.3) is 0 Å². The van der Waals surface area contributed by atoms with Crippen molar-refractivity contribution in [1.29, 1.82) is 0 Å². The Balaban J connectivity index is 1.56. The number of carbonyl (C=O) groups excluding carboxylic acids is 1. The fraction of sp³-hybridized carbons (Fsp3) is 0.419. The number of aliphatic imine (C=N–C) groups is 1. The van der Waals surface area contributed by atoms with Crippen molar-refractivity contribution in [1.82, 2.24) is 4.90 Å². The number of aldehydes is 1. The van der Waals surface area contributed by atoms with Crippen LogP contribution in [0.2, 0.25) is 0 Å². The first-order valence-electron chi connectivity index (χ1n) is 14.1. The first-order chi connectivity index (χ1) is 20.4. The van der Waals surface area contributed by atoms with E-state index in [1.807, 2.05) is 41.3 Å². The van der Waals surface area contributed by atoms with Crippen LogP contribution in [-0.4, -0.2) is 69.7 Å². The second kappa shape index (κ2) is 14.0. The summed E-state index contributed by atoms with van der Waals surface area (Å²) in [7, 11) is 0. The third-order valence-electron chi connectivity index (χ3n) is 8.14. The van der Waals surface area contributed by atoms with E-state index in [0.717, 1.165) is 53.0 Å². The van der Waals surface area contributed by atoms with E-state index in [0.29, 0.717) is 35.7 Å². The van der Waals surface area contributed by atoms with Gasteiger partial charge in [-0.3, -0.25) is 9.79 Å². The van der Waals surface area contributed by atoms with Crippen molar-refractivity contribution in [2.45, 2.75) is 57.0 Å². The van der Waals surface area contributed by atoms with Crippen molar-refractivity contribution >= 4 is 51.9 Å². The first kappa shape index (κ1) is 33.3. The zero-order valence-electron chi connectivity index (χ0n) is 24.8. The molecule has 232 valence electrons. The van der Waals surface area contributed by atoms with Gasteiger partial charge in [0.25, 0.3) is 0 Å². The maximum Gasteiger partial charge on any atom is 0.186 e. The van der Waals surface area contributed by atoms with Crippen LogP contribution in [0.3, 0.4) is 0 Å². The molecule has 3 unspecified atom stereocenters. The molecule has 3 aliphatic rings. The number of anilines is 1. The number of rotatable bonds is 13.